The lowest BCUT2D eigenvalue weighted by Crippen LogP contribution is -2.39. The van der Waals surface area contributed by atoms with Crippen molar-refractivity contribution >= 4 is 11.6 Å². The second-order valence-electron chi connectivity index (χ2n) is 5.47. The van der Waals surface area contributed by atoms with E-state index in [-0.39, 0.29) is 12.0 Å². The van der Waals surface area contributed by atoms with Crippen LogP contribution in [0.3, 0.4) is 0 Å². The van der Waals surface area contributed by atoms with E-state index in [4.69, 9.17) is 4.74 Å². The first-order chi connectivity index (χ1) is 9.56. The zero-order valence-electron chi connectivity index (χ0n) is 12.0. The third kappa shape index (κ3) is 4.21. The molecule has 0 spiro atoms. The third-order valence-corrected chi connectivity index (χ3v) is 3.55. The Morgan fingerprint density at radius 3 is 2.90 bits per heavy atom. The van der Waals surface area contributed by atoms with Gasteiger partial charge in [-0.15, -0.1) is 0 Å². The molecule has 0 unspecified atom stereocenters. The van der Waals surface area contributed by atoms with Gasteiger partial charge in [0.05, 0.1) is 19.8 Å². The Morgan fingerprint density at radius 2 is 2.25 bits per heavy atom. The number of carbonyl (C=O) groups excluding carboxylic acids is 1. The van der Waals surface area contributed by atoms with E-state index in [1.165, 1.54) is 0 Å². The van der Waals surface area contributed by atoms with Crippen LogP contribution in [0.15, 0.2) is 24.3 Å². The Hall–Kier alpha value is -1.59. The molecule has 1 aromatic rings. The van der Waals surface area contributed by atoms with Crippen LogP contribution >= 0.6 is 0 Å². The van der Waals surface area contributed by atoms with E-state index in [9.17, 15) is 9.90 Å². The Kier molecular flexibility index (Phi) is 4.98. The fourth-order valence-electron chi connectivity index (χ4n) is 2.50. The van der Waals surface area contributed by atoms with Crippen LogP contribution in [-0.2, 0) is 4.79 Å². The summed E-state index contributed by atoms with van der Waals surface area (Å²) in [6.45, 7) is 1.20. The molecule has 0 atom stereocenters. The molecule has 0 heterocycles. The van der Waals surface area contributed by atoms with Gasteiger partial charge < -0.3 is 15.2 Å². The van der Waals surface area contributed by atoms with E-state index < -0.39 is 0 Å². The van der Waals surface area contributed by atoms with Crippen molar-refractivity contribution in [3.05, 3.63) is 24.3 Å². The van der Waals surface area contributed by atoms with Crippen molar-refractivity contribution in [3.63, 3.8) is 0 Å². The van der Waals surface area contributed by atoms with Gasteiger partial charge >= 0.3 is 0 Å². The topological polar surface area (TPSA) is 61.8 Å². The molecular weight excluding hydrogens is 256 g/mol. The quantitative estimate of drug-likeness (QED) is 0.824. The van der Waals surface area contributed by atoms with Gasteiger partial charge in [-0.1, -0.05) is 6.07 Å². The van der Waals surface area contributed by atoms with Gasteiger partial charge in [0.15, 0.2) is 0 Å². The van der Waals surface area contributed by atoms with Crippen LogP contribution in [0.5, 0.6) is 5.75 Å². The Bertz CT molecular complexity index is 458. The van der Waals surface area contributed by atoms with Crippen LogP contribution in [-0.4, -0.2) is 49.3 Å². The van der Waals surface area contributed by atoms with Crippen molar-refractivity contribution in [1.82, 2.24) is 4.90 Å². The lowest BCUT2D eigenvalue weighted by Gasteiger charge is -2.34. The normalized spacial score (nSPS) is 21.4. The Balaban J connectivity index is 1.76. The van der Waals surface area contributed by atoms with Gasteiger partial charge in [0, 0.05) is 18.3 Å². The highest BCUT2D eigenvalue weighted by atomic mass is 16.5. The van der Waals surface area contributed by atoms with E-state index in [2.05, 4.69) is 5.32 Å². The molecule has 1 saturated carbocycles. The number of nitrogens with zero attached hydrogens (tertiary/aromatic N) is 1. The van der Waals surface area contributed by atoms with Gasteiger partial charge in [-0.25, -0.2) is 0 Å². The molecule has 5 heteroatoms. The van der Waals surface area contributed by atoms with Crippen molar-refractivity contribution in [2.75, 3.05) is 32.6 Å². The number of carbonyl (C=O) groups is 1. The maximum absolute atomic E-state index is 11.9. The van der Waals surface area contributed by atoms with Crippen LogP contribution in [0.1, 0.15) is 12.8 Å². The van der Waals surface area contributed by atoms with E-state index in [0.29, 0.717) is 12.5 Å². The fourth-order valence-corrected chi connectivity index (χ4v) is 2.50. The van der Waals surface area contributed by atoms with Crippen LogP contribution in [0.2, 0.25) is 0 Å². The summed E-state index contributed by atoms with van der Waals surface area (Å²) in [6, 6.07) is 7.31. The van der Waals surface area contributed by atoms with Crippen molar-refractivity contribution < 1.29 is 14.6 Å². The first-order valence-electron chi connectivity index (χ1n) is 6.87. The maximum atomic E-state index is 11.9. The SMILES string of the molecule is COc1cccc(NC(=O)CN(C)CC2CC(O)C2)c1. The minimum atomic E-state index is -0.140. The predicted molar refractivity (Wildman–Crippen MR) is 77.9 cm³/mol. The average Bonchev–Trinajstić information content (AvgIpc) is 2.36. The average molecular weight is 278 g/mol. The number of rotatable bonds is 6. The van der Waals surface area contributed by atoms with Crippen molar-refractivity contribution in [1.29, 1.82) is 0 Å². The highest BCUT2D eigenvalue weighted by Crippen LogP contribution is 2.27. The molecule has 1 aromatic carbocycles. The molecule has 2 rings (SSSR count). The molecule has 110 valence electrons. The van der Waals surface area contributed by atoms with E-state index in [0.717, 1.165) is 30.8 Å². The van der Waals surface area contributed by atoms with Gasteiger partial charge in [-0.2, -0.15) is 0 Å². The first-order valence-corrected chi connectivity index (χ1v) is 6.87. The van der Waals surface area contributed by atoms with Crippen molar-refractivity contribution in [2.45, 2.75) is 18.9 Å². The van der Waals surface area contributed by atoms with Crippen LogP contribution in [0.4, 0.5) is 5.69 Å². The lowest BCUT2D eigenvalue weighted by molar-refractivity contribution is -0.117. The van der Waals surface area contributed by atoms with Gasteiger partial charge in [0.1, 0.15) is 5.75 Å². The Morgan fingerprint density at radius 1 is 1.50 bits per heavy atom. The Labute approximate surface area is 119 Å². The molecule has 0 aliphatic heterocycles. The summed E-state index contributed by atoms with van der Waals surface area (Å²) in [7, 11) is 3.53. The number of nitrogens with one attached hydrogen (secondary N) is 1. The molecule has 1 aliphatic rings. The number of anilines is 1. The van der Waals surface area contributed by atoms with E-state index in [1.54, 1.807) is 13.2 Å². The number of methoxy groups -OCH3 is 1. The highest BCUT2D eigenvalue weighted by Gasteiger charge is 2.28. The van der Waals surface area contributed by atoms with Gasteiger partial charge in [0.25, 0.3) is 0 Å². The summed E-state index contributed by atoms with van der Waals surface area (Å²) in [5.74, 6) is 1.19. The number of likely N-dealkylation sites (N-methyl/N-ethyl adjacent to an activating group) is 1. The minimum absolute atomic E-state index is 0.0411. The second kappa shape index (κ2) is 6.72. The van der Waals surface area contributed by atoms with E-state index in [1.807, 2.05) is 30.1 Å². The molecule has 20 heavy (non-hydrogen) atoms. The van der Waals surface area contributed by atoms with Gasteiger partial charge in [0.2, 0.25) is 5.91 Å². The maximum Gasteiger partial charge on any atom is 0.238 e. The van der Waals surface area contributed by atoms with Crippen molar-refractivity contribution in [2.24, 2.45) is 5.92 Å². The molecule has 2 N–H and O–H groups in total. The zero-order valence-corrected chi connectivity index (χ0v) is 12.0. The van der Waals surface area contributed by atoms with Crippen LogP contribution < -0.4 is 10.1 Å². The van der Waals surface area contributed by atoms with Crippen LogP contribution in [0.25, 0.3) is 0 Å². The summed E-state index contributed by atoms with van der Waals surface area (Å²) in [4.78, 5) is 13.9. The molecule has 0 radical (unpaired) electrons. The fraction of sp³-hybridized carbons (Fsp3) is 0.533. The highest BCUT2D eigenvalue weighted by molar-refractivity contribution is 5.92. The smallest absolute Gasteiger partial charge is 0.238 e. The summed E-state index contributed by atoms with van der Waals surface area (Å²) in [5.41, 5.74) is 0.738. The molecule has 0 aromatic heterocycles. The van der Waals surface area contributed by atoms with E-state index >= 15 is 0 Å². The molecule has 1 amide bonds. The number of ether oxygens (including phenoxy) is 1. The van der Waals surface area contributed by atoms with Gasteiger partial charge in [-0.3, -0.25) is 9.69 Å². The molecular formula is C15H22N2O3. The summed E-state index contributed by atoms with van der Waals surface area (Å²) < 4.78 is 5.12. The standard InChI is InChI=1S/C15H22N2O3/c1-17(9-11-6-13(18)7-11)10-15(19)16-12-4-3-5-14(8-12)20-2/h3-5,8,11,13,18H,6-7,9-10H2,1-2H3,(H,16,19). The second-order valence-corrected chi connectivity index (χ2v) is 5.47. The molecule has 1 aliphatic carbocycles. The zero-order chi connectivity index (χ0) is 14.5. The number of aliphatic hydroxyl groups excluding tert-OH is 1. The summed E-state index contributed by atoms with van der Waals surface area (Å²) >= 11 is 0. The number of hydrogen-bond acceptors (Lipinski definition) is 4. The summed E-state index contributed by atoms with van der Waals surface area (Å²) in [6.07, 6.45) is 1.56. The monoisotopic (exact) mass is 278 g/mol. The largest absolute Gasteiger partial charge is 0.497 e. The molecule has 1 fully saturated rings. The van der Waals surface area contributed by atoms with Gasteiger partial charge in [-0.05, 0) is 37.9 Å². The number of benzene rings is 1. The number of aliphatic hydroxyl groups is 1. The molecule has 0 bridgehead atoms. The van der Waals surface area contributed by atoms with Crippen molar-refractivity contribution in [3.8, 4) is 5.75 Å². The number of amides is 1. The summed E-state index contributed by atoms with van der Waals surface area (Å²) in [5, 5.41) is 12.1. The minimum Gasteiger partial charge on any atom is -0.497 e. The lowest BCUT2D eigenvalue weighted by atomic mass is 9.82. The molecule has 5 nitrogen and oxygen atoms in total. The number of hydrogen-bond donors (Lipinski definition) is 2. The third-order valence-electron chi connectivity index (χ3n) is 3.55. The van der Waals surface area contributed by atoms with Crippen LogP contribution in [0, 0.1) is 5.92 Å². The predicted octanol–water partition coefficient (Wildman–Crippen LogP) is 1.34. The first kappa shape index (κ1) is 14.8. The molecule has 0 saturated heterocycles.